The first kappa shape index (κ1) is 9.82. The van der Waals surface area contributed by atoms with E-state index in [0.717, 1.165) is 5.56 Å². The normalized spacial score (nSPS) is 11.8. The highest BCUT2D eigenvalue weighted by Gasteiger charge is 2.01. The van der Waals surface area contributed by atoms with Crippen LogP contribution in [0.3, 0.4) is 0 Å². The Morgan fingerprint density at radius 3 is 2.38 bits per heavy atom. The van der Waals surface area contributed by atoms with Crippen LogP contribution in [0.25, 0.3) is 5.70 Å². The van der Waals surface area contributed by atoms with Crippen LogP contribution in [0.15, 0.2) is 28.7 Å². The van der Waals surface area contributed by atoms with E-state index >= 15 is 0 Å². The van der Waals surface area contributed by atoms with Crippen molar-refractivity contribution in [1.29, 1.82) is 5.26 Å². The number of hydrogen-bond acceptors (Lipinski definition) is 2. The molecule has 0 radical (unpaired) electrons. The third-order valence-corrected chi connectivity index (χ3v) is 2.30. The number of nitrogens with two attached hydrogens (primary N) is 1. The molecule has 0 atom stereocenters. The van der Waals surface area contributed by atoms with Gasteiger partial charge in [-0.15, -0.1) is 0 Å². The maximum Gasteiger partial charge on any atom is 0.118 e. The van der Waals surface area contributed by atoms with Gasteiger partial charge >= 0.3 is 0 Å². The first-order valence-corrected chi connectivity index (χ1v) is 4.57. The van der Waals surface area contributed by atoms with Crippen molar-refractivity contribution >= 4 is 21.6 Å². The van der Waals surface area contributed by atoms with Crippen LogP contribution in [-0.2, 0) is 0 Å². The lowest BCUT2D eigenvalue weighted by Crippen LogP contribution is -1.97. The largest absolute Gasteiger partial charge is 0.397 e. The van der Waals surface area contributed by atoms with Crippen molar-refractivity contribution in [3.63, 3.8) is 0 Å². The van der Waals surface area contributed by atoms with Gasteiger partial charge in [0.2, 0.25) is 0 Å². The van der Waals surface area contributed by atoms with E-state index in [1.807, 2.05) is 37.3 Å². The molecule has 2 N–H and O–H groups in total. The van der Waals surface area contributed by atoms with Gasteiger partial charge in [-0.1, -0.05) is 29.8 Å². The number of nitriles is 1. The fourth-order valence-corrected chi connectivity index (χ4v) is 1.15. The molecule has 0 aliphatic carbocycles. The molecule has 13 heavy (non-hydrogen) atoms. The Morgan fingerprint density at radius 2 is 1.92 bits per heavy atom. The van der Waals surface area contributed by atoms with Crippen molar-refractivity contribution in [3.05, 3.63) is 39.9 Å². The van der Waals surface area contributed by atoms with Gasteiger partial charge in [-0.25, -0.2) is 0 Å². The highest BCUT2D eigenvalue weighted by atomic mass is 79.9. The first-order valence-electron chi connectivity index (χ1n) is 3.77. The molecule has 66 valence electrons. The Kier molecular flexibility index (Phi) is 3.10. The molecule has 0 bridgehead atoms. The molecule has 1 aromatic carbocycles. The Labute approximate surface area is 85.8 Å². The van der Waals surface area contributed by atoms with Crippen molar-refractivity contribution in [2.45, 2.75) is 6.92 Å². The standard InChI is InChI=1S/C10H9BrN2/c1-7-2-4-8(5-3-7)10(13)9(11)6-12/h2-5H,13H2,1H3/b10-9+. The minimum absolute atomic E-state index is 0.372. The van der Waals surface area contributed by atoms with Crippen LogP contribution in [0.5, 0.6) is 0 Å². The van der Waals surface area contributed by atoms with E-state index in [1.165, 1.54) is 5.56 Å². The van der Waals surface area contributed by atoms with Gasteiger partial charge in [0.05, 0.1) is 5.70 Å². The molecule has 0 aromatic heterocycles. The van der Waals surface area contributed by atoms with Crippen LogP contribution in [0.1, 0.15) is 11.1 Å². The highest BCUT2D eigenvalue weighted by Crippen LogP contribution is 2.17. The fraction of sp³-hybridized carbons (Fsp3) is 0.100. The summed E-state index contributed by atoms with van der Waals surface area (Å²) in [7, 11) is 0. The number of rotatable bonds is 1. The van der Waals surface area contributed by atoms with Crippen LogP contribution in [0.4, 0.5) is 0 Å². The number of benzene rings is 1. The van der Waals surface area contributed by atoms with Crippen LogP contribution in [0.2, 0.25) is 0 Å². The van der Waals surface area contributed by atoms with Gasteiger partial charge < -0.3 is 5.73 Å². The average molecular weight is 237 g/mol. The highest BCUT2D eigenvalue weighted by molar-refractivity contribution is 9.12. The number of halogens is 1. The third-order valence-electron chi connectivity index (χ3n) is 1.70. The molecular formula is C10H9BrN2. The number of allylic oxidation sites excluding steroid dienone is 1. The number of nitrogens with zero attached hydrogens (tertiary/aromatic N) is 1. The Hall–Kier alpha value is -1.27. The maximum absolute atomic E-state index is 8.59. The maximum atomic E-state index is 8.59. The van der Waals surface area contributed by atoms with Gasteiger partial charge in [0, 0.05) is 0 Å². The van der Waals surface area contributed by atoms with E-state index in [1.54, 1.807) is 0 Å². The zero-order chi connectivity index (χ0) is 9.84. The van der Waals surface area contributed by atoms with Crippen molar-refractivity contribution in [2.24, 2.45) is 5.73 Å². The molecule has 0 saturated carbocycles. The van der Waals surface area contributed by atoms with E-state index in [9.17, 15) is 0 Å². The van der Waals surface area contributed by atoms with E-state index in [-0.39, 0.29) is 0 Å². The van der Waals surface area contributed by atoms with Crippen molar-refractivity contribution in [3.8, 4) is 6.07 Å². The summed E-state index contributed by atoms with van der Waals surface area (Å²) >= 11 is 3.09. The molecule has 0 amide bonds. The van der Waals surface area contributed by atoms with Gasteiger partial charge in [0.1, 0.15) is 10.6 Å². The SMILES string of the molecule is Cc1ccc(/C(N)=C(\Br)C#N)cc1. The van der Waals surface area contributed by atoms with Crippen molar-refractivity contribution in [1.82, 2.24) is 0 Å². The van der Waals surface area contributed by atoms with Crippen LogP contribution >= 0.6 is 15.9 Å². The third kappa shape index (κ3) is 2.33. The molecule has 1 rings (SSSR count). The van der Waals surface area contributed by atoms with Gasteiger partial charge in [0.15, 0.2) is 0 Å². The van der Waals surface area contributed by atoms with E-state index < -0.39 is 0 Å². The Bertz CT molecular complexity index is 371. The van der Waals surface area contributed by atoms with Crippen LogP contribution < -0.4 is 5.73 Å². The van der Waals surface area contributed by atoms with Crippen molar-refractivity contribution in [2.75, 3.05) is 0 Å². The zero-order valence-corrected chi connectivity index (χ0v) is 8.80. The second-order valence-electron chi connectivity index (χ2n) is 2.71. The van der Waals surface area contributed by atoms with E-state index in [2.05, 4.69) is 15.9 Å². The van der Waals surface area contributed by atoms with Gasteiger partial charge in [-0.2, -0.15) is 5.26 Å². The van der Waals surface area contributed by atoms with E-state index in [4.69, 9.17) is 11.0 Å². The minimum Gasteiger partial charge on any atom is -0.397 e. The molecule has 0 unspecified atom stereocenters. The molecule has 0 spiro atoms. The predicted octanol–water partition coefficient (Wildman–Crippen LogP) is 2.54. The first-order chi connectivity index (χ1) is 6.15. The molecule has 0 fully saturated rings. The summed E-state index contributed by atoms with van der Waals surface area (Å²) in [6.07, 6.45) is 0. The van der Waals surface area contributed by atoms with Crippen molar-refractivity contribution < 1.29 is 0 Å². The second kappa shape index (κ2) is 4.11. The minimum atomic E-state index is 0.372. The molecule has 1 aromatic rings. The summed E-state index contributed by atoms with van der Waals surface area (Å²) in [6.45, 7) is 2.00. The molecule has 0 aliphatic rings. The molecule has 0 saturated heterocycles. The van der Waals surface area contributed by atoms with Crippen LogP contribution in [-0.4, -0.2) is 0 Å². The van der Waals surface area contributed by atoms with Gasteiger partial charge in [-0.05, 0) is 28.4 Å². The lowest BCUT2D eigenvalue weighted by Gasteiger charge is -2.01. The summed E-state index contributed by atoms with van der Waals surface area (Å²) in [4.78, 5) is 0. The molecular weight excluding hydrogens is 228 g/mol. The molecule has 2 nitrogen and oxygen atoms in total. The Morgan fingerprint density at radius 1 is 1.38 bits per heavy atom. The molecule has 0 heterocycles. The summed E-state index contributed by atoms with van der Waals surface area (Å²) in [5.41, 5.74) is 8.22. The number of aryl methyl sites for hydroxylation is 1. The lowest BCUT2D eigenvalue weighted by atomic mass is 10.1. The summed E-state index contributed by atoms with van der Waals surface area (Å²) in [6, 6.07) is 9.65. The van der Waals surface area contributed by atoms with Gasteiger partial charge in [-0.3, -0.25) is 0 Å². The molecule has 0 aliphatic heterocycles. The van der Waals surface area contributed by atoms with E-state index in [0.29, 0.717) is 10.2 Å². The summed E-state index contributed by atoms with van der Waals surface area (Å²) in [5, 5.41) is 8.59. The fourth-order valence-electron chi connectivity index (χ4n) is 0.920. The predicted molar refractivity (Wildman–Crippen MR) is 56.8 cm³/mol. The second-order valence-corrected chi connectivity index (χ2v) is 3.50. The quantitative estimate of drug-likeness (QED) is 0.763. The molecule has 3 heteroatoms. The summed E-state index contributed by atoms with van der Waals surface area (Å²) in [5.74, 6) is 0. The lowest BCUT2D eigenvalue weighted by molar-refractivity contribution is 1.43. The van der Waals surface area contributed by atoms with Gasteiger partial charge in [0.25, 0.3) is 0 Å². The monoisotopic (exact) mass is 236 g/mol. The zero-order valence-electron chi connectivity index (χ0n) is 7.21. The number of hydrogen-bond donors (Lipinski definition) is 1. The average Bonchev–Trinajstić information content (AvgIpc) is 2.17. The summed E-state index contributed by atoms with van der Waals surface area (Å²) < 4.78 is 0.372. The topological polar surface area (TPSA) is 49.8 Å². The van der Waals surface area contributed by atoms with Crippen LogP contribution in [0, 0.1) is 18.3 Å². The Balaban J connectivity index is 3.12. The smallest absolute Gasteiger partial charge is 0.118 e.